The van der Waals surface area contributed by atoms with Gasteiger partial charge in [-0.25, -0.2) is 4.79 Å². The van der Waals surface area contributed by atoms with E-state index in [1.807, 2.05) is 0 Å². The van der Waals surface area contributed by atoms with Crippen LogP contribution in [0.2, 0.25) is 0 Å². The third-order valence-corrected chi connectivity index (χ3v) is 0.725. The summed E-state index contributed by atoms with van der Waals surface area (Å²) >= 11 is 0. The summed E-state index contributed by atoms with van der Waals surface area (Å²) < 4.78 is 9.31. The first-order chi connectivity index (χ1) is 2.94. The SMILES string of the molecule is O=C(O)P(=O)([O-])O.[Na+]. The van der Waals surface area contributed by atoms with Crippen LogP contribution in [0.4, 0.5) is 4.79 Å². The van der Waals surface area contributed by atoms with E-state index < -0.39 is 13.3 Å². The van der Waals surface area contributed by atoms with E-state index in [0.717, 1.165) is 0 Å². The second-order valence-electron chi connectivity index (χ2n) is 0.803. The van der Waals surface area contributed by atoms with Crippen LogP contribution in [-0.4, -0.2) is 15.7 Å². The van der Waals surface area contributed by atoms with Crippen molar-refractivity contribution in [2.24, 2.45) is 0 Å². The van der Waals surface area contributed by atoms with Crippen molar-refractivity contribution in [1.29, 1.82) is 0 Å². The molecule has 0 amide bonds. The van der Waals surface area contributed by atoms with Gasteiger partial charge in [-0.1, -0.05) is 0 Å². The zero-order valence-electron chi connectivity index (χ0n) is 4.07. The Bertz CT molecular complexity index is 124. The van der Waals surface area contributed by atoms with Gasteiger partial charge in [-0.05, 0) is 0 Å². The largest absolute Gasteiger partial charge is 1.00 e. The quantitative estimate of drug-likeness (QED) is 0.293. The van der Waals surface area contributed by atoms with Crippen LogP contribution in [0, 0.1) is 0 Å². The van der Waals surface area contributed by atoms with E-state index in [9.17, 15) is 14.3 Å². The zero-order valence-corrected chi connectivity index (χ0v) is 6.96. The van der Waals surface area contributed by atoms with E-state index in [1.165, 1.54) is 0 Å². The monoisotopic (exact) mass is 148 g/mol. The second kappa shape index (κ2) is 3.61. The minimum atomic E-state index is -5.07. The molecule has 2 N–H and O–H groups in total. The van der Waals surface area contributed by atoms with E-state index in [4.69, 9.17) is 10.00 Å². The van der Waals surface area contributed by atoms with Gasteiger partial charge in [0.2, 0.25) is 7.60 Å². The summed E-state index contributed by atoms with van der Waals surface area (Å²) in [5.74, 6) is 0. The average Bonchev–Trinajstić information content (AvgIpc) is 1.31. The number of carboxylic acid groups (broad SMARTS) is 1. The maximum Gasteiger partial charge on any atom is 1.00 e. The first kappa shape index (κ1) is 11.4. The smallest absolute Gasteiger partial charge is 0.770 e. The van der Waals surface area contributed by atoms with Crippen LogP contribution >= 0.6 is 7.60 Å². The summed E-state index contributed by atoms with van der Waals surface area (Å²) in [7, 11) is -5.07. The molecule has 0 aliphatic heterocycles. The van der Waals surface area contributed by atoms with Crippen LogP contribution in [0.3, 0.4) is 0 Å². The molecule has 0 fully saturated rings. The molecule has 0 heterocycles. The summed E-state index contributed by atoms with van der Waals surface area (Å²) in [6.07, 6.45) is 0. The third kappa shape index (κ3) is 4.77. The van der Waals surface area contributed by atoms with E-state index >= 15 is 0 Å². The molecule has 0 spiro atoms. The van der Waals surface area contributed by atoms with Crippen LogP contribution in [0.25, 0.3) is 0 Å². The van der Waals surface area contributed by atoms with Crippen LogP contribution in [0.1, 0.15) is 0 Å². The Morgan fingerprint density at radius 3 is 1.75 bits per heavy atom. The minimum absolute atomic E-state index is 0. The third-order valence-electron chi connectivity index (χ3n) is 0.242. The molecular formula is CH2NaO5P. The van der Waals surface area contributed by atoms with Crippen LogP contribution in [0.5, 0.6) is 0 Å². The fourth-order valence-electron chi connectivity index (χ4n) is 0. The molecule has 0 saturated carbocycles. The van der Waals surface area contributed by atoms with Crippen LogP contribution in [0.15, 0.2) is 0 Å². The van der Waals surface area contributed by atoms with Gasteiger partial charge in [0, 0.05) is 0 Å². The van der Waals surface area contributed by atoms with E-state index in [0.29, 0.717) is 0 Å². The van der Waals surface area contributed by atoms with E-state index in [-0.39, 0.29) is 29.6 Å². The summed E-state index contributed by atoms with van der Waals surface area (Å²) in [4.78, 5) is 26.0. The predicted molar refractivity (Wildman–Crippen MR) is 17.9 cm³/mol. The molecule has 0 aromatic heterocycles. The van der Waals surface area contributed by atoms with Gasteiger partial charge in [0.25, 0.3) is 0 Å². The van der Waals surface area contributed by atoms with Crippen molar-refractivity contribution in [3.05, 3.63) is 0 Å². The number of carbonyl (C=O) groups is 1. The van der Waals surface area contributed by atoms with Crippen molar-refractivity contribution >= 4 is 13.3 Å². The summed E-state index contributed by atoms with van der Waals surface area (Å²) in [6.45, 7) is 0. The second-order valence-corrected chi connectivity index (χ2v) is 2.23. The van der Waals surface area contributed by atoms with Gasteiger partial charge >= 0.3 is 35.3 Å². The van der Waals surface area contributed by atoms with Crippen molar-refractivity contribution in [3.8, 4) is 0 Å². The molecule has 0 aliphatic rings. The number of hydrogen-bond donors (Lipinski definition) is 2. The Kier molecular flexibility index (Phi) is 5.15. The molecule has 0 aromatic rings. The van der Waals surface area contributed by atoms with Gasteiger partial charge in [-0.2, -0.15) is 0 Å². The number of hydrogen-bond acceptors (Lipinski definition) is 3. The molecule has 1 unspecified atom stereocenters. The van der Waals surface area contributed by atoms with Gasteiger partial charge in [0.1, 0.15) is 0 Å². The normalized spacial score (nSPS) is 15.8. The zero-order chi connectivity index (χ0) is 6.08. The molecule has 0 rings (SSSR count). The molecule has 0 saturated heterocycles. The molecule has 7 heteroatoms. The first-order valence-corrected chi connectivity index (χ1v) is 2.79. The van der Waals surface area contributed by atoms with E-state index in [1.54, 1.807) is 0 Å². The summed E-state index contributed by atoms with van der Waals surface area (Å²) in [5.41, 5.74) is -2.20. The molecule has 42 valence electrons. The van der Waals surface area contributed by atoms with Crippen molar-refractivity contribution in [2.45, 2.75) is 0 Å². The van der Waals surface area contributed by atoms with Gasteiger partial charge in [0.05, 0.1) is 0 Å². The van der Waals surface area contributed by atoms with Crippen molar-refractivity contribution in [3.63, 3.8) is 0 Å². The Morgan fingerprint density at radius 2 is 1.75 bits per heavy atom. The standard InChI is InChI=1S/CH3O5P.Na/c2-1(3)7(4,5)6;/h(H,2,3)(H2,4,5,6);/q;+1/p-1. The Hall–Kier alpha value is 0.620. The molecule has 1 atom stereocenters. The maximum atomic E-state index is 9.31. The number of rotatable bonds is 1. The molecule has 0 aromatic carbocycles. The molecule has 0 bridgehead atoms. The van der Waals surface area contributed by atoms with Crippen molar-refractivity contribution in [2.75, 3.05) is 0 Å². The Morgan fingerprint density at radius 1 is 1.62 bits per heavy atom. The fraction of sp³-hybridized carbons (Fsp3) is 0. The van der Waals surface area contributed by atoms with Crippen molar-refractivity contribution < 1.29 is 53.8 Å². The van der Waals surface area contributed by atoms with Crippen LogP contribution < -0.4 is 34.5 Å². The van der Waals surface area contributed by atoms with Gasteiger partial charge in [-0.3, -0.25) is 4.57 Å². The molecule has 5 nitrogen and oxygen atoms in total. The van der Waals surface area contributed by atoms with Gasteiger partial charge in [0.15, 0.2) is 0 Å². The van der Waals surface area contributed by atoms with Gasteiger partial charge in [-0.15, -0.1) is 0 Å². The first-order valence-electron chi connectivity index (χ1n) is 1.22. The fourth-order valence-corrected chi connectivity index (χ4v) is 0. The molecule has 8 heavy (non-hydrogen) atoms. The van der Waals surface area contributed by atoms with Crippen LogP contribution in [-0.2, 0) is 4.57 Å². The minimum Gasteiger partial charge on any atom is -0.770 e. The van der Waals surface area contributed by atoms with E-state index in [2.05, 4.69) is 0 Å². The molecular weight excluding hydrogens is 146 g/mol. The topological polar surface area (TPSA) is 97.7 Å². The summed E-state index contributed by atoms with van der Waals surface area (Å²) in [5, 5.41) is 7.42. The molecule has 0 aliphatic carbocycles. The average molecular weight is 148 g/mol. The maximum absolute atomic E-state index is 9.31. The van der Waals surface area contributed by atoms with Gasteiger partial charge < -0.3 is 14.9 Å². The summed E-state index contributed by atoms with van der Waals surface area (Å²) in [6, 6.07) is 0. The Labute approximate surface area is 67.2 Å². The van der Waals surface area contributed by atoms with Crippen molar-refractivity contribution in [1.82, 2.24) is 0 Å². The Balaban J connectivity index is 0. The predicted octanol–water partition coefficient (Wildman–Crippen LogP) is -3.79. The molecule has 0 radical (unpaired) electrons.